The molecule has 24 heavy (non-hydrogen) atoms. The van der Waals surface area contributed by atoms with Crippen molar-refractivity contribution in [2.24, 2.45) is 21.1 Å². The number of rotatable bonds is 4. The van der Waals surface area contributed by atoms with Crippen molar-refractivity contribution in [1.29, 1.82) is 5.26 Å². The summed E-state index contributed by atoms with van der Waals surface area (Å²) in [7, 11) is 0. The summed E-state index contributed by atoms with van der Waals surface area (Å²) < 4.78 is 11.0. The van der Waals surface area contributed by atoms with Crippen LogP contribution in [0.15, 0.2) is 22.2 Å². The molecule has 1 aromatic heterocycles. The summed E-state index contributed by atoms with van der Waals surface area (Å²) in [6, 6.07) is 4.05. The van der Waals surface area contributed by atoms with Gasteiger partial charge < -0.3 is 15.2 Å². The van der Waals surface area contributed by atoms with Gasteiger partial charge in [-0.15, -0.1) is 16.7 Å². The van der Waals surface area contributed by atoms with Crippen molar-refractivity contribution in [1.82, 2.24) is 10.2 Å². The highest BCUT2D eigenvalue weighted by Crippen LogP contribution is 2.30. The molecule has 0 saturated carbocycles. The fourth-order valence-corrected chi connectivity index (χ4v) is 2.80. The van der Waals surface area contributed by atoms with Crippen LogP contribution in [0, 0.1) is 16.7 Å². The molecule has 0 bridgehead atoms. The second-order valence-corrected chi connectivity index (χ2v) is 6.27. The van der Waals surface area contributed by atoms with E-state index in [0.717, 1.165) is 0 Å². The van der Waals surface area contributed by atoms with Crippen LogP contribution in [0.25, 0.3) is 0 Å². The van der Waals surface area contributed by atoms with E-state index in [1.54, 1.807) is 12.3 Å². The van der Waals surface area contributed by atoms with Crippen molar-refractivity contribution < 1.29 is 9.47 Å². The van der Waals surface area contributed by atoms with Gasteiger partial charge in [0.05, 0.1) is 35.3 Å². The predicted octanol–water partition coefficient (Wildman–Crippen LogP) is 0.901. The summed E-state index contributed by atoms with van der Waals surface area (Å²) in [6.45, 7) is 1.73. The average molecular weight is 349 g/mol. The number of hydrogen-bond acceptors (Lipinski definition) is 8. The third-order valence-corrected chi connectivity index (χ3v) is 4.40. The zero-order valence-corrected chi connectivity index (χ0v) is 13.7. The maximum absolute atomic E-state index is 9.46. The van der Waals surface area contributed by atoms with Gasteiger partial charge in [-0.2, -0.15) is 10.4 Å². The van der Waals surface area contributed by atoms with Crippen LogP contribution in [0.4, 0.5) is 0 Å². The maximum atomic E-state index is 9.46. The molecule has 2 N–H and O–H groups in total. The lowest BCUT2D eigenvalue weighted by molar-refractivity contribution is 0.0181. The summed E-state index contributed by atoms with van der Waals surface area (Å²) in [5, 5.41) is 17.0. The molecule has 3 rings (SSSR count). The normalized spacial score (nSPS) is 22.9. The van der Waals surface area contributed by atoms with Crippen LogP contribution in [0.3, 0.4) is 0 Å². The number of halogens is 1. The predicted molar refractivity (Wildman–Crippen MR) is 88.3 cm³/mol. The zero-order valence-electron chi connectivity index (χ0n) is 13.0. The number of nitrogens with two attached hydrogens (primary N) is 1. The molecule has 1 fully saturated rings. The van der Waals surface area contributed by atoms with Gasteiger partial charge in [-0.1, -0.05) is 0 Å². The van der Waals surface area contributed by atoms with E-state index in [9.17, 15) is 5.26 Å². The third-order valence-electron chi connectivity index (χ3n) is 4.06. The first kappa shape index (κ1) is 16.6. The molecule has 0 spiro atoms. The lowest BCUT2D eigenvalue weighted by atomic mass is 9.83. The Hall–Kier alpha value is -2.24. The van der Waals surface area contributed by atoms with Gasteiger partial charge in [0.15, 0.2) is 0 Å². The van der Waals surface area contributed by atoms with Crippen LogP contribution in [0.1, 0.15) is 18.4 Å². The van der Waals surface area contributed by atoms with Gasteiger partial charge in [0, 0.05) is 24.8 Å². The average Bonchev–Trinajstić information content (AvgIpc) is 2.63. The molecule has 0 aliphatic carbocycles. The van der Waals surface area contributed by atoms with Gasteiger partial charge in [-0.05, 0) is 12.8 Å². The molecule has 8 nitrogen and oxygen atoms in total. The Morgan fingerprint density at radius 1 is 1.46 bits per heavy atom. The Kier molecular flexibility index (Phi) is 4.92. The fraction of sp³-hybridized carbons (Fsp3) is 0.533. The smallest absolute Gasteiger partial charge is 0.234 e. The number of aromatic nitrogens is 2. The summed E-state index contributed by atoms with van der Waals surface area (Å²) in [6.07, 6.45) is 2.83. The molecule has 9 heteroatoms. The van der Waals surface area contributed by atoms with Gasteiger partial charge in [0.1, 0.15) is 6.61 Å². The van der Waals surface area contributed by atoms with Gasteiger partial charge in [0.2, 0.25) is 11.8 Å². The number of hydrogen-bond donors (Lipinski definition) is 1. The van der Waals surface area contributed by atoms with Crippen molar-refractivity contribution in [3.05, 3.63) is 17.8 Å². The van der Waals surface area contributed by atoms with E-state index in [1.165, 1.54) is 0 Å². The second-order valence-electron chi connectivity index (χ2n) is 5.74. The Bertz CT molecular complexity index is 708. The van der Waals surface area contributed by atoms with Crippen LogP contribution in [0.2, 0.25) is 0 Å². The van der Waals surface area contributed by atoms with Crippen LogP contribution < -0.4 is 10.5 Å². The Labute approximate surface area is 144 Å². The summed E-state index contributed by atoms with van der Waals surface area (Å²) >= 11 is 6.24. The molecular formula is C15H17ClN6O2. The lowest BCUT2D eigenvalue weighted by Gasteiger charge is -2.29. The molecule has 2 aliphatic heterocycles. The molecule has 0 amide bonds. The lowest BCUT2D eigenvalue weighted by Crippen LogP contribution is -2.34. The van der Waals surface area contributed by atoms with Gasteiger partial charge in [0.25, 0.3) is 0 Å². The number of guanidine groups is 1. The van der Waals surface area contributed by atoms with Crippen molar-refractivity contribution in [2.45, 2.75) is 18.2 Å². The minimum atomic E-state index is -0.551. The molecule has 1 aromatic rings. The first-order chi connectivity index (χ1) is 11.6. The standard InChI is InChI=1S/C15H17ClN6O2/c16-11-7-19-14(18)21-13(11)10-5-12(22-20-6-10)24-9-15(8-17)1-3-23-4-2-15/h5-6,11H,1-4,7,9H2,(H2,18,19). The minimum Gasteiger partial charge on any atom is -0.475 e. The second kappa shape index (κ2) is 7.11. The van der Waals surface area contributed by atoms with Gasteiger partial charge >= 0.3 is 0 Å². The van der Waals surface area contributed by atoms with Gasteiger partial charge in [-0.3, -0.25) is 0 Å². The molecule has 0 radical (unpaired) electrons. The number of nitrogens with zero attached hydrogens (tertiary/aromatic N) is 5. The molecule has 1 atom stereocenters. The van der Waals surface area contributed by atoms with Crippen LogP contribution in [-0.2, 0) is 4.74 Å². The zero-order chi connectivity index (χ0) is 17.0. The van der Waals surface area contributed by atoms with E-state index in [0.29, 0.717) is 49.8 Å². The van der Waals surface area contributed by atoms with Crippen molar-refractivity contribution in [3.8, 4) is 11.9 Å². The number of aliphatic imine (C=N–C) groups is 2. The SMILES string of the molecule is N#CC1(COc2cc(C3=NC(N)=NCC3Cl)cnn2)CCOCC1. The van der Waals surface area contributed by atoms with E-state index in [2.05, 4.69) is 26.3 Å². The van der Waals surface area contributed by atoms with Crippen LogP contribution >= 0.6 is 11.6 Å². The summed E-state index contributed by atoms with van der Waals surface area (Å²) in [4.78, 5) is 8.16. The molecule has 3 heterocycles. The van der Waals surface area contributed by atoms with Crippen molar-refractivity contribution in [3.63, 3.8) is 0 Å². The monoisotopic (exact) mass is 348 g/mol. The van der Waals surface area contributed by atoms with Gasteiger partial charge in [-0.25, -0.2) is 9.98 Å². The highest BCUT2D eigenvalue weighted by molar-refractivity contribution is 6.36. The largest absolute Gasteiger partial charge is 0.475 e. The first-order valence-electron chi connectivity index (χ1n) is 7.59. The molecule has 1 saturated heterocycles. The molecular weight excluding hydrogens is 332 g/mol. The molecule has 0 aromatic carbocycles. The third kappa shape index (κ3) is 3.63. The van der Waals surface area contributed by atoms with E-state index in [4.69, 9.17) is 26.8 Å². The van der Waals surface area contributed by atoms with Crippen molar-refractivity contribution >= 4 is 23.3 Å². The van der Waals surface area contributed by atoms with E-state index in [1.807, 2.05) is 0 Å². The molecule has 2 aliphatic rings. The van der Waals surface area contributed by atoms with Crippen LogP contribution in [0.5, 0.6) is 5.88 Å². The Morgan fingerprint density at radius 2 is 2.25 bits per heavy atom. The number of ether oxygens (including phenoxy) is 2. The van der Waals surface area contributed by atoms with E-state index < -0.39 is 5.41 Å². The number of alkyl halides is 1. The van der Waals surface area contributed by atoms with E-state index in [-0.39, 0.29) is 17.9 Å². The minimum absolute atomic E-state index is 0.187. The Balaban J connectivity index is 1.74. The van der Waals surface area contributed by atoms with E-state index >= 15 is 0 Å². The molecule has 1 unspecified atom stereocenters. The van der Waals surface area contributed by atoms with Crippen LogP contribution in [-0.4, -0.2) is 53.6 Å². The highest BCUT2D eigenvalue weighted by Gasteiger charge is 2.34. The first-order valence-corrected chi connectivity index (χ1v) is 8.03. The topological polar surface area (TPSA) is 119 Å². The number of nitriles is 1. The maximum Gasteiger partial charge on any atom is 0.234 e. The Morgan fingerprint density at radius 3 is 3.00 bits per heavy atom. The summed E-state index contributed by atoms with van der Waals surface area (Å²) in [5.41, 5.74) is 6.36. The summed E-state index contributed by atoms with van der Waals surface area (Å²) in [5.74, 6) is 0.507. The molecule has 126 valence electrons. The highest BCUT2D eigenvalue weighted by atomic mass is 35.5. The fourth-order valence-electron chi connectivity index (χ4n) is 2.55. The van der Waals surface area contributed by atoms with Crippen molar-refractivity contribution in [2.75, 3.05) is 26.4 Å². The quantitative estimate of drug-likeness (QED) is 0.807.